The zero-order valence-electron chi connectivity index (χ0n) is 15.7. The number of thiophene rings is 1. The lowest BCUT2D eigenvalue weighted by atomic mass is 10.1. The van der Waals surface area contributed by atoms with Crippen LogP contribution in [0.25, 0.3) is 10.1 Å². The molecule has 164 valence electrons. The quantitative estimate of drug-likeness (QED) is 0.347. The molecule has 2 heterocycles. The lowest BCUT2D eigenvalue weighted by Gasteiger charge is -2.28. The van der Waals surface area contributed by atoms with Crippen LogP contribution in [0.4, 0.5) is 0 Å². The third kappa shape index (κ3) is 4.81. The number of benzene rings is 2. The Morgan fingerprint density at radius 3 is 2.39 bits per heavy atom. The van der Waals surface area contributed by atoms with Gasteiger partial charge in [0.25, 0.3) is 5.91 Å². The van der Waals surface area contributed by atoms with Crippen LogP contribution >= 0.6 is 69.3 Å². The first kappa shape index (κ1) is 23.4. The number of carbonyl (C=O) groups is 1. The zero-order valence-corrected chi connectivity index (χ0v) is 21.1. The maximum Gasteiger partial charge on any atom is 0.266 e. The molecule has 1 amide bonds. The Morgan fingerprint density at radius 2 is 1.74 bits per heavy atom. The van der Waals surface area contributed by atoms with Gasteiger partial charge in [0.05, 0.1) is 21.6 Å². The van der Waals surface area contributed by atoms with E-state index < -0.39 is 15.9 Å². The Hall–Kier alpha value is -0.730. The van der Waals surface area contributed by atoms with E-state index >= 15 is 0 Å². The lowest BCUT2D eigenvalue weighted by molar-refractivity contribution is 0.0686. The Kier molecular flexibility index (Phi) is 6.73. The summed E-state index contributed by atoms with van der Waals surface area (Å²) in [4.78, 5) is 15.4. The van der Waals surface area contributed by atoms with E-state index in [1.54, 1.807) is 30.3 Å². The number of amides is 1. The summed E-state index contributed by atoms with van der Waals surface area (Å²) >= 11 is 32.4. The second kappa shape index (κ2) is 8.90. The first-order valence-electron chi connectivity index (χ1n) is 9.08. The molecule has 1 saturated heterocycles. The Morgan fingerprint density at radius 1 is 1.03 bits per heavy atom. The molecule has 1 fully saturated rings. The number of sulfone groups is 1. The fourth-order valence-electron chi connectivity index (χ4n) is 3.60. The highest BCUT2D eigenvalue weighted by Gasteiger charge is 2.36. The van der Waals surface area contributed by atoms with E-state index in [9.17, 15) is 13.2 Å². The van der Waals surface area contributed by atoms with Gasteiger partial charge in [0.1, 0.15) is 4.88 Å². The molecule has 0 radical (unpaired) electrons. The number of nitrogens with zero attached hydrogens (tertiary/aromatic N) is 1. The summed E-state index contributed by atoms with van der Waals surface area (Å²) in [7, 11) is -3.23. The molecule has 1 unspecified atom stereocenters. The molecular formula is C20H14Cl5NO3S2. The Labute approximate surface area is 208 Å². The van der Waals surface area contributed by atoms with Gasteiger partial charge in [-0.1, -0.05) is 64.1 Å². The molecule has 11 heteroatoms. The van der Waals surface area contributed by atoms with E-state index in [2.05, 4.69) is 0 Å². The Bertz CT molecular complexity index is 1310. The number of hydrogen-bond donors (Lipinski definition) is 0. The molecule has 0 spiro atoms. The van der Waals surface area contributed by atoms with Crippen molar-refractivity contribution in [2.45, 2.75) is 19.0 Å². The number of hydrogen-bond acceptors (Lipinski definition) is 4. The SMILES string of the molecule is O=C(c1sc2cc(Cl)cc(Cl)c2c1Cl)N(Cc1ccc(Cl)cc1Cl)C1CCS(=O)(=O)C1. The first-order valence-corrected chi connectivity index (χ1v) is 13.6. The number of rotatable bonds is 4. The molecule has 1 aliphatic rings. The summed E-state index contributed by atoms with van der Waals surface area (Å²) in [5, 5.41) is 2.40. The summed E-state index contributed by atoms with van der Waals surface area (Å²) in [6.45, 7) is 0.119. The summed E-state index contributed by atoms with van der Waals surface area (Å²) in [5.74, 6) is -0.470. The van der Waals surface area contributed by atoms with Gasteiger partial charge >= 0.3 is 0 Å². The molecule has 1 atom stereocenters. The van der Waals surface area contributed by atoms with E-state index in [4.69, 9.17) is 58.0 Å². The molecule has 3 aromatic rings. The van der Waals surface area contributed by atoms with Crippen LogP contribution in [0.2, 0.25) is 25.1 Å². The van der Waals surface area contributed by atoms with Crippen molar-refractivity contribution in [2.75, 3.05) is 11.5 Å². The van der Waals surface area contributed by atoms with Gasteiger partial charge in [-0.05, 0) is 36.2 Å². The highest BCUT2D eigenvalue weighted by molar-refractivity contribution is 7.91. The highest BCUT2D eigenvalue weighted by Crippen LogP contribution is 2.42. The predicted octanol–water partition coefficient (Wildman–Crippen LogP) is 7.00. The monoisotopic (exact) mass is 555 g/mol. The van der Waals surface area contributed by atoms with Crippen molar-refractivity contribution < 1.29 is 13.2 Å². The summed E-state index contributed by atoms with van der Waals surface area (Å²) < 4.78 is 24.9. The second-order valence-electron chi connectivity index (χ2n) is 7.23. The third-order valence-corrected chi connectivity index (χ3v) is 9.58. The fraction of sp³-hybridized carbons (Fsp3) is 0.250. The molecule has 4 rings (SSSR count). The minimum Gasteiger partial charge on any atom is -0.329 e. The second-order valence-corrected chi connectivity index (χ2v) is 12.6. The topological polar surface area (TPSA) is 54.5 Å². The third-order valence-electron chi connectivity index (χ3n) is 5.11. The van der Waals surface area contributed by atoms with Crippen molar-refractivity contribution in [1.29, 1.82) is 0 Å². The van der Waals surface area contributed by atoms with Crippen molar-refractivity contribution in [3.05, 3.63) is 65.9 Å². The number of halogens is 5. The number of fused-ring (bicyclic) bond motifs is 1. The van der Waals surface area contributed by atoms with Gasteiger partial charge in [-0.15, -0.1) is 11.3 Å². The van der Waals surface area contributed by atoms with Gasteiger partial charge in [0, 0.05) is 37.7 Å². The van der Waals surface area contributed by atoms with Gasteiger partial charge in [0.2, 0.25) is 0 Å². The molecule has 31 heavy (non-hydrogen) atoms. The normalized spacial score (nSPS) is 17.9. The molecule has 0 bridgehead atoms. The van der Waals surface area contributed by atoms with Crippen LogP contribution in [0.1, 0.15) is 21.7 Å². The summed E-state index contributed by atoms with van der Waals surface area (Å²) in [6, 6.07) is 7.73. The molecular weight excluding hydrogens is 544 g/mol. The molecule has 0 N–H and O–H groups in total. The minimum atomic E-state index is -3.23. The zero-order chi connectivity index (χ0) is 22.5. The molecule has 2 aromatic carbocycles. The van der Waals surface area contributed by atoms with Crippen molar-refractivity contribution in [2.24, 2.45) is 0 Å². The van der Waals surface area contributed by atoms with Gasteiger partial charge in [-0.2, -0.15) is 0 Å². The van der Waals surface area contributed by atoms with Crippen LogP contribution in [0.5, 0.6) is 0 Å². The van der Waals surface area contributed by atoms with E-state index in [0.29, 0.717) is 42.2 Å². The molecule has 1 aromatic heterocycles. The van der Waals surface area contributed by atoms with Gasteiger partial charge < -0.3 is 4.90 Å². The molecule has 1 aliphatic heterocycles. The summed E-state index contributed by atoms with van der Waals surface area (Å²) in [6.07, 6.45) is 0.342. The lowest BCUT2D eigenvalue weighted by Crippen LogP contribution is -2.40. The molecule has 4 nitrogen and oxygen atoms in total. The van der Waals surface area contributed by atoms with Crippen LogP contribution < -0.4 is 0 Å². The average Bonchev–Trinajstić information content (AvgIpc) is 3.19. The van der Waals surface area contributed by atoms with Crippen LogP contribution in [-0.2, 0) is 16.4 Å². The van der Waals surface area contributed by atoms with Crippen molar-refractivity contribution in [3.63, 3.8) is 0 Å². The number of carbonyl (C=O) groups excluding carboxylic acids is 1. The van der Waals surface area contributed by atoms with Gasteiger partial charge in [-0.3, -0.25) is 4.79 Å². The highest BCUT2D eigenvalue weighted by atomic mass is 35.5. The smallest absolute Gasteiger partial charge is 0.266 e. The molecule has 0 saturated carbocycles. The molecule has 0 aliphatic carbocycles. The maximum atomic E-state index is 13.6. The first-order chi connectivity index (χ1) is 14.6. The van der Waals surface area contributed by atoms with Crippen LogP contribution in [0, 0.1) is 0 Å². The minimum absolute atomic E-state index is 0.0252. The fourth-order valence-corrected chi connectivity index (χ4v) is 8.13. The van der Waals surface area contributed by atoms with E-state index in [-0.39, 0.29) is 33.9 Å². The predicted molar refractivity (Wildman–Crippen MR) is 130 cm³/mol. The van der Waals surface area contributed by atoms with Gasteiger partial charge in [-0.25, -0.2) is 8.42 Å². The van der Waals surface area contributed by atoms with Crippen LogP contribution in [-0.4, -0.2) is 36.8 Å². The largest absolute Gasteiger partial charge is 0.329 e. The maximum absolute atomic E-state index is 13.6. The van der Waals surface area contributed by atoms with E-state index in [0.717, 1.165) is 0 Å². The van der Waals surface area contributed by atoms with Crippen molar-refractivity contribution in [1.82, 2.24) is 4.90 Å². The average molecular weight is 558 g/mol. The van der Waals surface area contributed by atoms with E-state index in [1.807, 2.05) is 0 Å². The van der Waals surface area contributed by atoms with E-state index in [1.165, 1.54) is 16.2 Å². The van der Waals surface area contributed by atoms with Crippen molar-refractivity contribution >= 4 is 95.2 Å². The standard InChI is InChI=1S/C20H14Cl5NO3S2/c21-11-2-1-10(14(23)5-11)8-26(13-3-4-31(28,29)9-13)20(27)19-18(25)17-15(24)6-12(22)7-16(17)30-19/h1-2,5-7,13H,3-4,8-9H2. The van der Waals surface area contributed by atoms with Crippen LogP contribution in [0.3, 0.4) is 0 Å². The Balaban J connectivity index is 1.78. The van der Waals surface area contributed by atoms with Gasteiger partial charge in [0.15, 0.2) is 9.84 Å². The van der Waals surface area contributed by atoms with Crippen LogP contribution in [0.15, 0.2) is 30.3 Å². The summed E-state index contributed by atoms with van der Waals surface area (Å²) in [5.41, 5.74) is 0.655. The van der Waals surface area contributed by atoms with Crippen molar-refractivity contribution in [3.8, 4) is 0 Å².